The van der Waals surface area contributed by atoms with Crippen molar-refractivity contribution in [3.8, 4) is 0 Å². The first-order chi connectivity index (χ1) is 4.93. The number of aliphatic hydroxyl groups is 1. The van der Waals surface area contributed by atoms with Gasteiger partial charge in [-0.15, -0.1) is 0 Å². The van der Waals surface area contributed by atoms with Crippen molar-refractivity contribution in [3.63, 3.8) is 0 Å². The van der Waals surface area contributed by atoms with E-state index in [1.807, 2.05) is 4.57 Å². The standard InChI is InChI=1S/C7H11N2O/c10-6-2-1-4-9-5-3-8-7-9/h5,7,10H,1-2,4,6H2. The van der Waals surface area contributed by atoms with Crippen molar-refractivity contribution in [1.29, 1.82) is 0 Å². The molecule has 1 aromatic heterocycles. The van der Waals surface area contributed by atoms with Crippen molar-refractivity contribution < 1.29 is 5.11 Å². The number of aliphatic hydroxyl groups excluding tert-OH is 1. The van der Waals surface area contributed by atoms with Gasteiger partial charge in [0.2, 0.25) is 0 Å². The number of imidazole rings is 1. The Hall–Kier alpha value is -0.830. The van der Waals surface area contributed by atoms with Crippen LogP contribution in [0, 0.1) is 6.20 Å². The number of rotatable bonds is 4. The first-order valence-corrected chi connectivity index (χ1v) is 3.42. The number of nitrogens with zero attached hydrogens (tertiary/aromatic N) is 2. The Morgan fingerprint density at radius 2 is 2.40 bits per heavy atom. The van der Waals surface area contributed by atoms with E-state index >= 15 is 0 Å². The van der Waals surface area contributed by atoms with Crippen LogP contribution in [0.25, 0.3) is 0 Å². The fourth-order valence-corrected chi connectivity index (χ4v) is 0.777. The van der Waals surface area contributed by atoms with Gasteiger partial charge in [-0.2, -0.15) is 0 Å². The summed E-state index contributed by atoms with van der Waals surface area (Å²) in [6.45, 7) is 1.20. The lowest BCUT2D eigenvalue weighted by Gasteiger charge is -1.98. The van der Waals surface area contributed by atoms with Crippen LogP contribution in [-0.2, 0) is 6.54 Å². The second kappa shape index (κ2) is 4.06. The van der Waals surface area contributed by atoms with E-state index in [0.717, 1.165) is 19.4 Å². The van der Waals surface area contributed by atoms with Crippen molar-refractivity contribution in [3.05, 3.63) is 18.7 Å². The van der Waals surface area contributed by atoms with E-state index in [2.05, 4.69) is 11.2 Å². The Kier molecular flexibility index (Phi) is 2.96. The SMILES string of the molecule is OCCCCn1c[c]nc1. The van der Waals surface area contributed by atoms with Crippen LogP contribution in [0.3, 0.4) is 0 Å². The third-order valence-electron chi connectivity index (χ3n) is 1.33. The van der Waals surface area contributed by atoms with Gasteiger partial charge in [-0.05, 0) is 12.8 Å². The van der Waals surface area contributed by atoms with Gasteiger partial charge in [-0.1, -0.05) is 0 Å². The Bertz CT molecular complexity index is 160. The minimum Gasteiger partial charge on any atom is -0.396 e. The van der Waals surface area contributed by atoms with Crippen LogP contribution in [-0.4, -0.2) is 21.3 Å². The molecule has 0 saturated carbocycles. The summed E-state index contributed by atoms with van der Waals surface area (Å²) >= 11 is 0. The fourth-order valence-electron chi connectivity index (χ4n) is 0.777. The predicted octanol–water partition coefficient (Wildman–Crippen LogP) is 0.456. The molecule has 55 valence electrons. The largest absolute Gasteiger partial charge is 0.396 e. The smallest absolute Gasteiger partial charge is 0.108 e. The first-order valence-electron chi connectivity index (χ1n) is 3.42. The molecule has 0 spiro atoms. The molecular formula is C7H11N2O. The number of aryl methyl sites for hydroxylation is 1. The third-order valence-corrected chi connectivity index (χ3v) is 1.33. The van der Waals surface area contributed by atoms with Crippen molar-refractivity contribution >= 4 is 0 Å². The average Bonchev–Trinajstić information content (AvgIpc) is 2.41. The molecule has 1 aromatic rings. The van der Waals surface area contributed by atoms with Gasteiger partial charge in [0.25, 0.3) is 0 Å². The maximum atomic E-state index is 8.46. The minimum absolute atomic E-state index is 0.276. The second-order valence-electron chi connectivity index (χ2n) is 2.17. The van der Waals surface area contributed by atoms with E-state index in [0.29, 0.717) is 0 Å². The Labute approximate surface area is 60.3 Å². The van der Waals surface area contributed by atoms with Crippen LogP contribution in [0.1, 0.15) is 12.8 Å². The quantitative estimate of drug-likeness (QED) is 0.615. The molecule has 1 radical (unpaired) electrons. The summed E-state index contributed by atoms with van der Waals surface area (Å²) in [4.78, 5) is 3.78. The summed E-state index contributed by atoms with van der Waals surface area (Å²) in [5, 5.41) is 8.46. The summed E-state index contributed by atoms with van der Waals surface area (Å²) in [5.41, 5.74) is 0. The molecule has 0 fully saturated rings. The van der Waals surface area contributed by atoms with Gasteiger partial charge < -0.3 is 9.67 Å². The topological polar surface area (TPSA) is 38.0 Å². The summed E-state index contributed by atoms with van der Waals surface area (Å²) < 4.78 is 1.95. The molecule has 0 aliphatic rings. The molecule has 1 rings (SSSR count). The molecule has 0 saturated heterocycles. The molecular weight excluding hydrogens is 128 g/mol. The number of aromatic nitrogens is 2. The van der Waals surface area contributed by atoms with Gasteiger partial charge in [0.1, 0.15) is 6.20 Å². The van der Waals surface area contributed by atoms with Gasteiger partial charge in [-0.3, -0.25) is 0 Å². The van der Waals surface area contributed by atoms with Crippen LogP contribution < -0.4 is 0 Å². The normalized spacial score (nSPS) is 10.1. The maximum Gasteiger partial charge on any atom is 0.108 e. The van der Waals surface area contributed by atoms with E-state index in [9.17, 15) is 0 Å². The van der Waals surface area contributed by atoms with E-state index in [4.69, 9.17) is 5.11 Å². The molecule has 10 heavy (non-hydrogen) atoms. The number of hydrogen-bond donors (Lipinski definition) is 1. The van der Waals surface area contributed by atoms with E-state index in [1.54, 1.807) is 12.5 Å². The summed E-state index contributed by atoms with van der Waals surface area (Å²) in [6, 6.07) is 0. The van der Waals surface area contributed by atoms with Crippen LogP contribution in [0.5, 0.6) is 0 Å². The van der Waals surface area contributed by atoms with Crippen LogP contribution in [0.15, 0.2) is 12.5 Å². The Morgan fingerprint density at radius 3 is 3.00 bits per heavy atom. The highest BCUT2D eigenvalue weighted by atomic mass is 16.2. The van der Waals surface area contributed by atoms with Crippen molar-refractivity contribution in [2.75, 3.05) is 6.61 Å². The molecule has 0 unspecified atom stereocenters. The number of unbranched alkanes of at least 4 members (excludes halogenated alkanes) is 1. The molecule has 3 nitrogen and oxygen atoms in total. The highest BCUT2D eigenvalue weighted by Crippen LogP contribution is 1.92. The molecule has 0 amide bonds. The zero-order chi connectivity index (χ0) is 7.23. The van der Waals surface area contributed by atoms with E-state index in [-0.39, 0.29) is 6.61 Å². The van der Waals surface area contributed by atoms with E-state index in [1.165, 1.54) is 0 Å². The minimum atomic E-state index is 0.276. The van der Waals surface area contributed by atoms with Gasteiger partial charge in [-0.25, -0.2) is 4.98 Å². The highest BCUT2D eigenvalue weighted by molar-refractivity contribution is 4.71. The number of hydrogen-bond acceptors (Lipinski definition) is 2. The Balaban J connectivity index is 2.15. The van der Waals surface area contributed by atoms with E-state index < -0.39 is 0 Å². The van der Waals surface area contributed by atoms with Gasteiger partial charge in [0.15, 0.2) is 0 Å². The molecule has 0 bridgehead atoms. The summed E-state index contributed by atoms with van der Waals surface area (Å²) in [5.74, 6) is 0. The monoisotopic (exact) mass is 139 g/mol. The molecule has 0 aliphatic carbocycles. The molecule has 0 aromatic carbocycles. The fraction of sp³-hybridized carbons (Fsp3) is 0.571. The van der Waals surface area contributed by atoms with Gasteiger partial charge in [0.05, 0.1) is 6.33 Å². The maximum absolute atomic E-state index is 8.46. The molecule has 3 heteroatoms. The molecule has 1 N–H and O–H groups in total. The zero-order valence-corrected chi connectivity index (χ0v) is 5.82. The van der Waals surface area contributed by atoms with Gasteiger partial charge >= 0.3 is 0 Å². The first kappa shape index (κ1) is 7.28. The molecule has 0 aliphatic heterocycles. The Morgan fingerprint density at radius 1 is 1.50 bits per heavy atom. The van der Waals surface area contributed by atoms with Crippen molar-refractivity contribution in [1.82, 2.24) is 9.55 Å². The van der Waals surface area contributed by atoms with Crippen LogP contribution >= 0.6 is 0 Å². The predicted molar refractivity (Wildman–Crippen MR) is 37.4 cm³/mol. The lowest BCUT2D eigenvalue weighted by Crippen LogP contribution is -1.95. The van der Waals surface area contributed by atoms with Crippen molar-refractivity contribution in [2.45, 2.75) is 19.4 Å². The lowest BCUT2D eigenvalue weighted by molar-refractivity contribution is 0.281. The molecule has 1 heterocycles. The van der Waals surface area contributed by atoms with Gasteiger partial charge in [0, 0.05) is 19.3 Å². The zero-order valence-electron chi connectivity index (χ0n) is 5.82. The highest BCUT2D eigenvalue weighted by Gasteiger charge is 1.88. The van der Waals surface area contributed by atoms with Crippen LogP contribution in [0.2, 0.25) is 0 Å². The lowest BCUT2D eigenvalue weighted by atomic mass is 10.3. The summed E-state index contributed by atoms with van der Waals surface area (Å²) in [7, 11) is 0. The third kappa shape index (κ3) is 2.19. The van der Waals surface area contributed by atoms with Crippen molar-refractivity contribution in [2.24, 2.45) is 0 Å². The molecule has 0 atom stereocenters. The average molecular weight is 139 g/mol. The summed E-state index contributed by atoms with van der Waals surface area (Å²) in [6.07, 6.45) is 8.10. The van der Waals surface area contributed by atoms with Crippen LogP contribution in [0.4, 0.5) is 0 Å². The second-order valence-corrected chi connectivity index (χ2v) is 2.17.